The van der Waals surface area contributed by atoms with E-state index >= 15 is 0 Å². The number of nitrogens with zero attached hydrogens (tertiary/aromatic N) is 3. The molecule has 0 bridgehead atoms. The number of rotatable bonds is 4. The van der Waals surface area contributed by atoms with Gasteiger partial charge in [-0.3, -0.25) is 0 Å². The van der Waals surface area contributed by atoms with Crippen LogP contribution in [0.1, 0.15) is 10.4 Å². The lowest BCUT2D eigenvalue weighted by Crippen LogP contribution is -2.49. The molecule has 0 amide bonds. The maximum Gasteiger partial charge on any atom is 0.427 e. The number of thiazole rings is 1. The van der Waals surface area contributed by atoms with Gasteiger partial charge < -0.3 is 4.90 Å². The van der Waals surface area contributed by atoms with Gasteiger partial charge in [-0.2, -0.15) is 17.5 Å². The molecule has 1 fully saturated rings. The van der Waals surface area contributed by atoms with Crippen LogP contribution in [0.2, 0.25) is 0 Å². The minimum atomic E-state index is -4.41. The molecule has 1 aromatic heterocycles. The predicted molar refractivity (Wildman–Crippen MR) is 90.0 cm³/mol. The molecule has 0 unspecified atom stereocenters. The van der Waals surface area contributed by atoms with Crippen molar-refractivity contribution in [2.75, 3.05) is 31.1 Å². The van der Waals surface area contributed by atoms with Gasteiger partial charge in [0, 0.05) is 26.2 Å². The van der Waals surface area contributed by atoms with Gasteiger partial charge in [0.2, 0.25) is 10.0 Å². The van der Waals surface area contributed by atoms with Crippen molar-refractivity contribution in [1.29, 1.82) is 0 Å². The van der Waals surface area contributed by atoms with Crippen LogP contribution in [0, 0.1) is 0 Å². The molecule has 0 N–H and O–H groups in total. The van der Waals surface area contributed by atoms with E-state index in [-0.39, 0.29) is 24.0 Å². The van der Waals surface area contributed by atoms with Gasteiger partial charge in [0.05, 0.1) is 11.9 Å². The maximum atomic E-state index is 12.7. The molecule has 1 aliphatic heterocycles. The Kier molecular flexibility index (Phi) is 5.03. The second-order valence-corrected chi connectivity index (χ2v) is 8.61. The van der Waals surface area contributed by atoms with E-state index in [2.05, 4.69) is 4.98 Å². The number of benzene rings is 1. The zero-order valence-electron chi connectivity index (χ0n) is 13.1. The molecule has 0 saturated carbocycles. The second kappa shape index (κ2) is 6.93. The van der Waals surface area contributed by atoms with E-state index in [1.54, 1.807) is 29.2 Å². The average Bonchev–Trinajstić information content (AvgIpc) is 3.06. The Bertz CT molecular complexity index is 814. The molecular weight excluding hydrogens is 375 g/mol. The van der Waals surface area contributed by atoms with E-state index in [0.29, 0.717) is 30.0 Å². The number of hydrogen-bond acceptors (Lipinski definition) is 5. The van der Waals surface area contributed by atoms with Gasteiger partial charge in [-0.1, -0.05) is 41.7 Å². The van der Waals surface area contributed by atoms with E-state index in [1.165, 1.54) is 4.31 Å². The first-order valence-corrected chi connectivity index (χ1v) is 9.98. The Balaban J connectivity index is 1.62. The maximum absolute atomic E-state index is 12.7. The van der Waals surface area contributed by atoms with Crippen molar-refractivity contribution < 1.29 is 21.6 Å². The summed E-state index contributed by atoms with van der Waals surface area (Å²) in [7, 11) is -3.45. The van der Waals surface area contributed by atoms with Gasteiger partial charge in [0.1, 0.15) is 4.88 Å². The number of anilines is 1. The Morgan fingerprint density at radius 1 is 1.08 bits per heavy atom. The lowest BCUT2D eigenvalue weighted by molar-refractivity contribution is -0.134. The molecule has 10 heteroatoms. The lowest BCUT2D eigenvalue weighted by atomic mass is 10.2. The normalized spacial score (nSPS) is 17.0. The van der Waals surface area contributed by atoms with Crippen LogP contribution in [0.15, 0.2) is 36.5 Å². The predicted octanol–water partition coefficient (Wildman–Crippen LogP) is 2.81. The largest absolute Gasteiger partial charge is 0.427 e. The second-order valence-electron chi connectivity index (χ2n) is 5.63. The van der Waals surface area contributed by atoms with Crippen molar-refractivity contribution in [3.8, 4) is 0 Å². The van der Waals surface area contributed by atoms with E-state index in [0.717, 1.165) is 6.20 Å². The van der Waals surface area contributed by atoms with Gasteiger partial charge in [0.15, 0.2) is 5.13 Å². The van der Waals surface area contributed by atoms with Crippen LogP contribution >= 0.6 is 11.3 Å². The summed E-state index contributed by atoms with van der Waals surface area (Å²) in [4.78, 5) is 4.76. The van der Waals surface area contributed by atoms with Gasteiger partial charge in [-0.15, -0.1) is 0 Å². The smallest absolute Gasteiger partial charge is 0.345 e. The highest BCUT2D eigenvalue weighted by atomic mass is 32.2. The highest BCUT2D eigenvalue weighted by Crippen LogP contribution is 2.36. The summed E-state index contributed by atoms with van der Waals surface area (Å²) in [6, 6.07) is 8.88. The Morgan fingerprint density at radius 2 is 1.72 bits per heavy atom. The SMILES string of the molecule is O=S(=O)(Cc1ccccc1)N1CCN(c2ncc(C(F)(F)F)s2)CC1. The quantitative estimate of drug-likeness (QED) is 0.804. The Hall–Kier alpha value is -1.65. The molecule has 1 saturated heterocycles. The van der Waals surface area contributed by atoms with Crippen LogP contribution in [0.5, 0.6) is 0 Å². The van der Waals surface area contributed by atoms with E-state index < -0.39 is 21.1 Å². The highest BCUT2D eigenvalue weighted by molar-refractivity contribution is 7.88. The minimum absolute atomic E-state index is 0.0800. The molecule has 2 heterocycles. The summed E-state index contributed by atoms with van der Waals surface area (Å²) in [6.07, 6.45) is -3.59. The van der Waals surface area contributed by atoms with Crippen molar-refractivity contribution in [3.05, 3.63) is 47.0 Å². The molecule has 136 valence electrons. The van der Waals surface area contributed by atoms with Crippen molar-refractivity contribution in [2.24, 2.45) is 0 Å². The summed E-state index contributed by atoms with van der Waals surface area (Å²) < 4.78 is 64.3. The van der Waals surface area contributed by atoms with Crippen LogP contribution < -0.4 is 4.90 Å². The fourth-order valence-electron chi connectivity index (χ4n) is 2.58. The molecule has 5 nitrogen and oxygen atoms in total. The summed E-state index contributed by atoms with van der Waals surface area (Å²) >= 11 is 0.580. The van der Waals surface area contributed by atoms with E-state index in [4.69, 9.17) is 0 Å². The third-order valence-corrected chi connectivity index (χ3v) is 6.82. The zero-order valence-corrected chi connectivity index (χ0v) is 14.7. The van der Waals surface area contributed by atoms with Crippen LogP contribution in [0.3, 0.4) is 0 Å². The summed E-state index contributed by atoms with van der Waals surface area (Å²) in [5.41, 5.74) is 0.708. The van der Waals surface area contributed by atoms with Gasteiger partial charge in [-0.25, -0.2) is 13.4 Å². The van der Waals surface area contributed by atoms with Gasteiger partial charge in [-0.05, 0) is 5.56 Å². The molecule has 0 spiro atoms. The van der Waals surface area contributed by atoms with Crippen molar-refractivity contribution in [2.45, 2.75) is 11.9 Å². The fourth-order valence-corrected chi connectivity index (χ4v) is 4.93. The third-order valence-electron chi connectivity index (χ3n) is 3.87. The van der Waals surface area contributed by atoms with Crippen LogP contribution in [0.4, 0.5) is 18.3 Å². The van der Waals surface area contributed by atoms with Gasteiger partial charge in [0.25, 0.3) is 0 Å². The van der Waals surface area contributed by atoms with Crippen molar-refractivity contribution in [3.63, 3.8) is 0 Å². The average molecular weight is 391 g/mol. The van der Waals surface area contributed by atoms with Crippen LogP contribution in [0.25, 0.3) is 0 Å². The Labute approximate surface area is 147 Å². The molecular formula is C15H16F3N3O2S2. The molecule has 0 radical (unpaired) electrons. The number of aromatic nitrogens is 1. The van der Waals surface area contributed by atoms with Crippen LogP contribution in [-0.2, 0) is 22.0 Å². The fraction of sp³-hybridized carbons (Fsp3) is 0.400. The number of alkyl halides is 3. The lowest BCUT2D eigenvalue weighted by Gasteiger charge is -2.33. The molecule has 25 heavy (non-hydrogen) atoms. The monoisotopic (exact) mass is 391 g/mol. The van der Waals surface area contributed by atoms with E-state index in [9.17, 15) is 21.6 Å². The first-order chi connectivity index (χ1) is 11.8. The molecule has 3 rings (SSSR count). The number of hydrogen-bond donors (Lipinski definition) is 0. The molecule has 1 aliphatic rings. The first-order valence-electron chi connectivity index (χ1n) is 7.55. The molecule has 1 aromatic carbocycles. The topological polar surface area (TPSA) is 53.5 Å². The zero-order chi connectivity index (χ0) is 18.1. The van der Waals surface area contributed by atoms with Gasteiger partial charge >= 0.3 is 6.18 Å². The summed E-state index contributed by atoms with van der Waals surface area (Å²) in [6.45, 7) is 1.10. The van der Waals surface area contributed by atoms with Crippen molar-refractivity contribution in [1.82, 2.24) is 9.29 Å². The van der Waals surface area contributed by atoms with E-state index in [1.807, 2.05) is 6.07 Å². The molecule has 0 aliphatic carbocycles. The molecule has 2 aromatic rings. The summed E-state index contributed by atoms with van der Waals surface area (Å²) in [5.74, 6) is -0.0800. The number of piperazine rings is 1. The van der Waals surface area contributed by atoms with Crippen molar-refractivity contribution >= 4 is 26.5 Å². The number of sulfonamides is 1. The summed E-state index contributed by atoms with van der Waals surface area (Å²) in [5, 5.41) is 0.271. The first kappa shape index (κ1) is 18.2. The molecule has 0 atom stereocenters. The standard InChI is InChI=1S/C15H16F3N3O2S2/c16-15(17,18)13-10-19-14(24-13)20-6-8-21(9-7-20)25(22,23)11-12-4-2-1-3-5-12/h1-5,10H,6-9,11H2. The third kappa shape index (κ3) is 4.31. The van der Waals surface area contributed by atoms with Crippen LogP contribution in [-0.4, -0.2) is 43.9 Å². The minimum Gasteiger partial charge on any atom is -0.345 e. The number of halogens is 3. The Morgan fingerprint density at radius 3 is 2.28 bits per heavy atom. The highest BCUT2D eigenvalue weighted by Gasteiger charge is 2.35.